The molecule has 2 rings (SSSR count). The van der Waals surface area contributed by atoms with Crippen molar-refractivity contribution in [2.24, 2.45) is 0 Å². The second kappa shape index (κ2) is 8.39. The van der Waals surface area contributed by atoms with Crippen LogP contribution < -0.4 is 16.6 Å². The Balaban J connectivity index is 1.98. The quantitative estimate of drug-likeness (QED) is 0.731. The van der Waals surface area contributed by atoms with Crippen molar-refractivity contribution < 1.29 is 13.9 Å². The van der Waals surface area contributed by atoms with Crippen molar-refractivity contribution in [2.75, 3.05) is 24.8 Å². The lowest BCUT2D eigenvalue weighted by Crippen LogP contribution is -2.34. The fourth-order valence-corrected chi connectivity index (χ4v) is 2.57. The minimum absolute atomic E-state index is 0.152. The van der Waals surface area contributed by atoms with Crippen molar-refractivity contribution in [3.8, 4) is 0 Å². The summed E-state index contributed by atoms with van der Waals surface area (Å²) in [6, 6.07) is 4.77. The molecule has 2 aromatic heterocycles. The second-order valence-electron chi connectivity index (χ2n) is 4.59. The molecule has 0 aliphatic heterocycles. The number of carbonyl (C=O) groups is 1. The Labute approximate surface area is 135 Å². The van der Waals surface area contributed by atoms with Crippen LogP contribution in [-0.4, -0.2) is 34.9 Å². The topological polar surface area (TPSA) is 106 Å². The van der Waals surface area contributed by atoms with E-state index in [2.05, 4.69) is 10.3 Å². The molecule has 9 heteroatoms. The smallest absolute Gasteiger partial charge is 0.329 e. The van der Waals surface area contributed by atoms with Crippen LogP contribution >= 0.6 is 11.8 Å². The number of aromatic nitrogens is 2. The Morgan fingerprint density at radius 1 is 1.48 bits per heavy atom. The number of rotatable bonds is 8. The number of carbonyl (C=O) groups excluding carboxylic acids is 1. The average Bonchev–Trinajstić information content (AvgIpc) is 2.99. The van der Waals surface area contributed by atoms with Gasteiger partial charge in [0.25, 0.3) is 5.56 Å². The molecule has 23 heavy (non-hydrogen) atoms. The summed E-state index contributed by atoms with van der Waals surface area (Å²) in [5.41, 5.74) is -1.16. The third kappa shape index (κ3) is 5.15. The van der Waals surface area contributed by atoms with E-state index in [4.69, 9.17) is 9.15 Å². The van der Waals surface area contributed by atoms with Crippen molar-refractivity contribution in [1.82, 2.24) is 9.55 Å². The molecule has 0 unspecified atom stereocenters. The average molecular weight is 339 g/mol. The molecule has 0 bridgehead atoms. The van der Waals surface area contributed by atoms with Gasteiger partial charge in [-0.05, 0) is 12.1 Å². The standard InChI is InChI=1S/C14H17N3O5S/c1-21-6-4-17-11(7-12(18)16-14(17)20)15-13(19)9-23-8-10-3-2-5-22-10/h2-3,5,7H,4,6,8-9H2,1H3,(H,15,19)(H,16,18,20). The molecule has 0 spiro atoms. The van der Waals surface area contributed by atoms with Crippen LogP contribution in [-0.2, 0) is 21.8 Å². The molecule has 0 saturated carbocycles. The predicted molar refractivity (Wildman–Crippen MR) is 86.7 cm³/mol. The van der Waals surface area contributed by atoms with E-state index in [0.717, 1.165) is 5.76 Å². The van der Waals surface area contributed by atoms with Gasteiger partial charge >= 0.3 is 5.69 Å². The highest BCUT2D eigenvalue weighted by Crippen LogP contribution is 2.12. The first-order valence-electron chi connectivity index (χ1n) is 6.83. The number of nitrogens with zero attached hydrogens (tertiary/aromatic N) is 1. The highest BCUT2D eigenvalue weighted by molar-refractivity contribution is 7.99. The van der Waals surface area contributed by atoms with E-state index < -0.39 is 11.2 Å². The number of thioether (sulfide) groups is 1. The van der Waals surface area contributed by atoms with Crippen molar-refractivity contribution in [3.05, 3.63) is 51.1 Å². The highest BCUT2D eigenvalue weighted by Gasteiger charge is 2.10. The lowest BCUT2D eigenvalue weighted by atomic mass is 10.5. The Bertz CT molecular complexity index is 751. The molecule has 2 heterocycles. The Kier molecular flexibility index (Phi) is 6.24. The zero-order valence-electron chi connectivity index (χ0n) is 12.5. The number of aromatic amines is 1. The van der Waals surface area contributed by atoms with Crippen molar-refractivity contribution in [1.29, 1.82) is 0 Å². The first-order chi connectivity index (χ1) is 11.1. The van der Waals surface area contributed by atoms with Crippen LogP contribution in [0.1, 0.15) is 5.76 Å². The molecule has 0 saturated heterocycles. The van der Waals surface area contributed by atoms with Gasteiger partial charge in [0, 0.05) is 13.2 Å². The van der Waals surface area contributed by atoms with E-state index in [0.29, 0.717) is 5.75 Å². The zero-order valence-corrected chi connectivity index (χ0v) is 13.4. The predicted octanol–water partition coefficient (Wildman–Crippen LogP) is 0.648. The number of nitrogens with one attached hydrogen (secondary N) is 2. The number of hydrogen-bond acceptors (Lipinski definition) is 6. The molecule has 0 aliphatic carbocycles. The Morgan fingerprint density at radius 3 is 3.00 bits per heavy atom. The van der Waals surface area contributed by atoms with Gasteiger partial charge in [0.2, 0.25) is 5.91 Å². The third-order valence-corrected chi connectivity index (χ3v) is 3.83. The maximum Gasteiger partial charge on any atom is 0.329 e. The van der Waals surface area contributed by atoms with Gasteiger partial charge in [-0.1, -0.05) is 0 Å². The highest BCUT2D eigenvalue weighted by atomic mass is 32.2. The number of hydrogen-bond donors (Lipinski definition) is 2. The summed E-state index contributed by atoms with van der Waals surface area (Å²) in [7, 11) is 1.50. The summed E-state index contributed by atoms with van der Waals surface area (Å²) >= 11 is 1.37. The molecule has 0 atom stereocenters. The van der Waals surface area contributed by atoms with Gasteiger partial charge in [-0.2, -0.15) is 0 Å². The fraction of sp³-hybridized carbons (Fsp3) is 0.357. The number of furan rings is 1. The summed E-state index contributed by atoms with van der Waals surface area (Å²) in [6.45, 7) is 0.503. The normalized spacial score (nSPS) is 10.7. The largest absolute Gasteiger partial charge is 0.468 e. The van der Waals surface area contributed by atoms with E-state index in [9.17, 15) is 14.4 Å². The molecule has 0 radical (unpaired) electrons. The van der Waals surface area contributed by atoms with E-state index in [1.165, 1.54) is 29.5 Å². The minimum Gasteiger partial charge on any atom is -0.468 e. The second-order valence-corrected chi connectivity index (χ2v) is 5.57. The van der Waals surface area contributed by atoms with Gasteiger partial charge < -0.3 is 14.5 Å². The number of H-pyrrole nitrogens is 1. The van der Waals surface area contributed by atoms with Crippen LogP contribution in [0.5, 0.6) is 0 Å². The molecule has 2 N–H and O–H groups in total. The summed E-state index contributed by atoms with van der Waals surface area (Å²) in [5.74, 6) is 1.35. The maximum atomic E-state index is 12.0. The molecule has 124 valence electrons. The van der Waals surface area contributed by atoms with Crippen molar-refractivity contribution in [2.45, 2.75) is 12.3 Å². The van der Waals surface area contributed by atoms with Crippen molar-refractivity contribution >= 4 is 23.5 Å². The van der Waals surface area contributed by atoms with Crippen LogP contribution in [0.2, 0.25) is 0 Å². The fourth-order valence-electron chi connectivity index (χ4n) is 1.85. The lowest BCUT2D eigenvalue weighted by Gasteiger charge is -2.12. The molecule has 1 amide bonds. The van der Waals surface area contributed by atoms with Crippen molar-refractivity contribution in [3.63, 3.8) is 0 Å². The molecular formula is C14H17N3O5S. The number of ether oxygens (including phenoxy) is 1. The molecule has 8 nitrogen and oxygen atoms in total. The van der Waals surface area contributed by atoms with Crippen LogP contribution in [0.4, 0.5) is 5.82 Å². The van der Waals surface area contributed by atoms with Gasteiger partial charge in [0.1, 0.15) is 11.6 Å². The van der Waals surface area contributed by atoms with Gasteiger partial charge in [0.15, 0.2) is 0 Å². The van der Waals surface area contributed by atoms with E-state index in [1.54, 1.807) is 12.3 Å². The molecular weight excluding hydrogens is 322 g/mol. The maximum absolute atomic E-state index is 12.0. The molecule has 0 fully saturated rings. The molecule has 0 aliphatic rings. The van der Waals surface area contributed by atoms with E-state index >= 15 is 0 Å². The minimum atomic E-state index is -0.590. The van der Waals surface area contributed by atoms with Gasteiger partial charge in [-0.15, -0.1) is 11.8 Å². The van der Waals surface area contributed by atoms with Gasteiger partial charge in [-0.25, -0.2) is 4.79 Å². The first-order valence-corrected chi connectivity index (χ1v) is 7.98. The number of anilines is 1. The summed E-state index contributed by atoms with van der Waals surface area (Å²) in [6.07, 6.45) is 1.57. The monoisotopic (exact) mass is 339 g/mol. The number of methoxy groups -OCH3 is 1. The van der Waals surface area contributed by atoms with Crippen LogP contribution in [0, 0.1) is 0 Å². The van der Waals surface area contributed by atoms with Crippen LogP contribution in [0.3, 0.4) is 0 Å². The summed E-state index contributed by atoms with van der Waals surface area (Å²) in [5, 5.41) is 2.58. The summed E-state index contributed by atoms with van der Waals surface area (Å²) < 4.78 is 11.3. The first kappa shape index (κ1) is 17.1. The van der Waals surface area contributed by atoms with E-state index in [1.807, 2.05) is 6.07 Å². The van der Waals surface area contributed by atoms with Gasteiger partial charge in [-0.3, -0.25) is 19.1 Å². The third-order valence-electron chi connectivity index (χ3n) is 2.88. The Hall–Kier alpha value is -2.26. The van der Waals surface area contributed by atoms with Crippen LogP contribution in [0.25, 0.3) is 0 Å². The lowest BCUT2D eigenvalue weighted by molar-refractivity contribution is -0.113. The number of amides is 1. The van der Waals surface area contributed by atoms with E-state index in [-0.39, 0.29) is 30.6 Å². The molecule has 0 aromatic carbocycles. The Morgan fingerprint density at radius 2 is 2.30 bits per heavy atom. The summed E-state index contributed by atoms with van der Waals surface area (Å²) in [4.78, 5) is 37.3. The van der Waals surface area contributed by atoms with Gasteiger partial charge in [0.05, 0.1) is 30.9 Å². The zero-order chi connectivity index (χ0) is 16.7. The SMILES string of the molecule is COCCn1c(NC(=O)CSCc2ccco2)cc(=O)[nH]c1=O. The van der Waals surface area contributed by atoms with Crippen LogP contribution in [0.15, 0.2) is 38.5 Å². The molecule has 2 aromatic rings.